The molecule has 2 aromatic carbocycles. The van der Waals surface area contributed by atoms with Gasteiger partial charge in [-0.2, -0.15) is 13.2 Å². The molecule has 2 N–H and O–H groups in total. The van der Waals surface area contributed by atoms with Crippen LogP contribution in [0.2, 0.25) is 0 Å². The van der Waals surface area contributed by atoms with E-state index < -0.39 is 24.3 Å². The van der Waals surface area contributed by atoms with Gasteiger partial charge in [-0.15, -0.1) is 0 Å². The van der Waals surface area contributed by atoms with E-state index in [1.54, 1.807) is 24.3 Å². The number of rotatable bonds is 6. The van der Waals surface area contributed by atoms with Crippen LogP contribution < -0.4 is 19.5 Å². The molecule has 0 radical (unpaired) electrons. The molecule has 0 saturated carbocycles. The molecule has 0 bridgehead atoms. The number of anilines is 1. The number of aliphatic imine (C=N–C) groups is 1. The van der Waals surface area contributed by atoms with Crippen LogP contribution in [-0.4, -0.2) is 96.1 Å². The van der Waals surface area contributed by atoms with Crippen molar-refractivity contribution in [3.8, 4) is 17.2 Å². The normalized spacial score (nSPS) is 25.2. The number of piperidine rings is 1. The summed E-state index contributed by atoms with van der Waals surface area (Å²) in [5.74, 6) is -1.65. The fraction of sp³-hybridized carbons (Fsp3) is 0.394. The zero-order valence-corrected chi connectivity index (χ0v) is 25.3. The Hall–Kier alpha value is -4.69. The van der Waals surface area contributed by atoms with Crippen LogP contribution >= 0.6 is 0 Å². The van der Waals surface area contributed by atoms with Gasteiger partial charge >= 0.3 is 12.5 Å². The van der Waals surface area contributed by atoms with Crippen LogP contribution in [0.15, 0.2) is 58.7 Å². The molecule has 0 aromatic heterocycles. The maximum absolute atomic E-state index is 13.7. The topological polar surface area (TPSA) is 130 Å². The number of halogens is 3. The molecule has 246 valence electrons. The molecular formula is C33H31F3N4O7. The van der Waals surface area contributed by atoms with Crippen molar-refractivity contribution in [3.63, 3.8) is 0 Å². The molecule has 2 amide bonds. The molecule has 0 spiro atoms. The van der Waals surface area contributed by atoms with E-state index in [4.69, 9.17) is 4.74 Å². The Morgan fingerprint density at radius 3 is 2.66 bits per heavy atom. The number of ketones is 1. The van der Waals surface area contributed by atoms with Crippen LogP contribution in [0, 0.1) is 0 Å². The summed E-state index contributed by atoms with van der Waals surface area (Å²) >= 11 is 0. The highest BCUT2D eigenvalue weighted by Gasteiger charge is 2.50. The number of imide groups is 1. The van der Waals surface area contributed by atoms with Crippen molar-refractivity contribution in [2.24, 2.45) is 4.99 Å². The second-order valence-corrected chi connectivity index (χ2v) is 12.1. The highest BCUT2D eigenvalue weighted by atomic mass is 19.3. The SMILES string of the molecule is CN1CCC(N2C(=O)c3cc4c(cc3C2=O)NC(=C2C(=O)CC=CC2=NC[C@@H](O)COc2cccc3c2OC(F)C(F)(F)O3)C4)CC1. The number of amides is 2. The van der Waals surface area contributed by atoms with Crippen LogP contribution in [-0.2, 0) is 11.2 Å². The number of allylic oxidation sites excluding steroid dienone is 4. The fourth-order valence-electron chi connectivity index (χ4n) is 6.42. The lowest BCUT2D eigenvalue weighted by molar-refractivity contribution is -0.281. The summed E-state index contributed by atoms with van der Waals surface area (Å²) in [5.41, 5.74) is 3.35. The first-order valence-electron chi connectivity index (χ1n) is 15.3. The molecule has 1 aliphatic carbocycles. The number of nitrogens with one attached hydrogen (secondary N) is 1. The number of carbonyl (C=O) groups is 3. The Kier molecular flexibility index (Phi) is 7.79. The second-order valence-electron chi connectivity index (χ2n) is 12.1. The second kappa shape index (κ2) is 11.8. The third kappa shape index (κ3) is 5.65. The molecule has 11 nitrogen and oxygen atoms in total. The summed E-state index contributed by atoms with van der Waals surface area (Å²) in [4.78, 5) is 47.8. The highest BCUT2D eigenvalue weighted by molar-refractivity contribution is 6.29. The number of para-hydroxylation sites is 1. The van der Waals surface area contributed by atoms with Crippen molar-refractivity contribution in [3.05, 3.63) is 70.4 Å². The quantitative estimate of drug-likeness (QED) is 0.355. The minimum atomic E-state index is -4.16. The Labute approximate surface area is 267 Å². The minimum Gasteiger partial charge on any atom is -0.487 e. The summed E-state index contributed by atoms with van der Waals surface area (Å²) in [6.07, 6.45) is -3.12. The highest BCUT2D eigenvalue weighted by Crippen LogP contribution is 2.46. The van der Waals surface area contributed by atoms with E-state index in [1.165, 1.54) is 23.1 Å². The molecule has 2 atom stereocenters. The van der Waals surface area contributed by atoms with Gasteiger partial charge < -0.3 is 29.5 Å². The molecule has 4 heterocycles. The van der Waals surface area contributed by atoms with E-state index in [0.29, 0.717) is 40.2 Å². The minimum absolute atomic E-state index is 0.103. The van der Waals surface area contributed by atoms with Crippen LogP contribution in [0.5, 0.6) is 17.2 Å². The number of Topliss-reactive ketones (excluding diaryl/α,β-unsaturated/α-hetero) is 1. The first-order chi connectivity index (χ1) is 22.5. The Morgan fingerprint density at radius 1 is 1.15 bits per heavy atom. The molecule has 1 saturated heterocycles. The van der Waals surface area contributed by atoms with Gasteiger partial charge in [0.05, 0.1) is 29.0 Å². The third-order valence-corrected chi connectivity index (χ3v) is 8.84. The standard InChI is InChI=1S/C33H31F3N4O7/c1-39-10-8-18(9-11-39)40-30(43)20-12-17-13-24(38-23(17)14-21(20)31(40)44)28-22(4-2-5-25(28)42)37-15-19(41)16-45-26-6-3-7-27-29(26)46-32(34)33(35,36)47-27/h2-4,6-7,12,14,18-19,32,38,41H,5,8-11,13,15-16H2,1H3/t19-,32?/m1/s1. The van der Waals surface area contributed by atoms with Gasteiger partial charge in [0.2, 0.25) is 5.75 Å². The summed E-state index contributed by atoms with van der Waals surface area (Å²) in [7, 11) is 2.02. The van der Waals surface area contributed by atoms with Gasteiger partial charge in [0.15, 0.2) is 17.3 Å². The number of hydrogen-bond acceptors (Lipinski definition) is 10. The van der Waals surface area contributed by atoms with Crippen LogP contribution in [0.1, 0.15) is 45.5 Å². The first kappa shape index (κ1) is 30.9. The molecule has 14 heteroatoms. The Balaban J connectivity index is 1.05. The third-order valence-electron chi connectivity index (χ3n) is 8.84. The Morgan fingerprint density at radius 2 is 1.89 bits per heavy atom. The Bertz CT molecular complexity index is 1720. The van der Waals surface area contributed by atoms with E-state index in [1.807, 2.05) is 7.05 Å². The number of nitrogens with zero attached hydrogens (tertiary/aromatic N) is 3. The monoisotopic (exact) mass is 652 g/mol. The molecule has 1 fully saturated rings. The van der Waals surface area contributed by atoms with E-state index in [0.717, 1.165) is 31.5 Å². The van der Waals surface area contributed by atoms with Crippen molar-refractivity contribution in [1.29, 1.82) is 0 Å². The van der Waals surface area contributed by atoms with Crippen molar-refractivity contribution in [2.45, 2.75) is 50.3 Å². The van der Waals surface area contributed by atoms with Crippen LogP contribution in [0.25, 0.3) is 0 Å². The largest absolute Gasteiger partial charge is 0.487 e. The van der Waals surface area contributed by atoms with Crippen molar-refractivity contribution in [1.82, 2.24) is 9.80 Å². The van der Waals surface area contributed by atoms with Gasteiger partial charge in [0.1, 0.15) is 12.7 Å². The first-order valence-corrected chi connectivity index (χ1v) is 15.3. The van der Waals surface area contributed by atoms with Gasteiger partial charge in [-0.05, 0) is 68.9 Å². The lowest BCUT2D eigenvalue weighted by Crippen LogP contribution is -2.46. The number of ether oxygens (including phenoxy) is 3. The van der Waals surface area contributed by atoms with Gasteiger partial charge in [0.25, 0.3) is 11.8 Å². The van der Waals surface area contributed by atoms with E-state index >= 15 is 0 Å². The molecule has 4 aliphatic heterocycles. The summed E-state index contributed by atoms with van der Waals surface area (Å²) in [5, 5.41) is 13.9. The average Bonchev–Trinajstić information content (AvgIpc) is 3.56. The molecule has 2 aromatic rings. The van der Waals surface area contributed by atoms with Crippen molar-refractivity contribution in [2.75, 3.05) is 38.6 Å². The number of carbonyl (C=O) groups excluding carboxylic acids is 3. The summed E-state index contributed by atoms with van der Waals surface area (Å²) in [6, 6.07) is 7.16. The average molecular weight is 653 g/mol. The van der Waals surface area contributed by atoms with Gasteiger partial charge in [0, 0.05) is 30.3 Å². The number of aliphatic hydroxyl groups excluding tert-OH is 1. The fourth-order valence-corrected chi connectivity index (χ4v) is 6.42. The van der Waals surface area contributed by atoms with E-state index in [2.05, 4.69) is 24.7 Å². The number of likely N-dealkylation sites (tertiary alicyclic amines) is 1. The number of aliphatic hydroxyl groups is 1. The zero-order valence-electron chi connectivity index (χ0n) is 25.3. The predicted octanol–water partition coefficient (Wildman–Crippen LogP) is 3.67. The molecule has 7 rings (SSSR count). The lowest BCUT2D eigenvalue weighted by Gasteiger charge is -2.33. The summed E-state index contributed by atoms with van der Waals surface area (Å²) in [6.45, 7) is 1.09. The maximum Gasteiger partial charge on any atom is 0.468 e. The van der Waals surface area contributed by atoms with E-state index in [9.17, 15) is 32.7 Å². The molecule has 5 aliphatic rings. The van der Waals surface area contributed by atoms with Gasteiger partial charge in [-0.1, -0.05) is 12.1 Å². The maximum atomic E-state index is 13.7. The molecule has 1 unspecified atom stereocenters. The lowest BCUT2D eigenvalue weighted by atomic mass is 9.94. The van der Waals surface area contributed by atoms with Crippen LogP contribution in [0.4, 0.5) is 18.9 Å². The van der Waals surface area contributed by atoms with Crippen LogP contribution in [0.3, 0.4) is 0 Å². The smallest absolute Gasteiger partial charge is 0.468 e. The number of fused-ring (bicyclic) bond motifs is 3. The molecule has 47 heavy (non-hydrogen) atoms. The van der Waals surface area contributed by atoms with E-state index in [-0.39, 0.29) is 54.7 Å². The number of benzene rings is 2. The van der Waals surface area contributed by atoms with Gasteiger partial charge in [-0.25, -0.2) is 0 Å². The summed E-state index contributed by atoms with van der Waals surface area (Å²) < 4.78 is 55.4. The predicted molar refractivity (Wildman–Crippen MR) is 162 cm³/mol. The van der Waals surface area contributed by atoms with Crippen molar-refractivity contribution < 1.29 is 46.9 Å². The van der Waals surface area contributed by atoms with Gasteiger partial charge in [-0.3, -0.25) is 24.3 Å². The van der Waals surface area contributed by atoms with Crippen molar-refractivity contribution >= 4 is 29.0 Å². The molecular weight excluding hydrogens is 621 g/mol. The number of alkyl halides is 3. The zero-order chi connectivity index (χ0) is 33.0. The number of hydrogen-bond donors (Lipinski definition) is 2.